The number of benzene rings is 2. The van der Waals surface area contributed by atoms with Gasteiger partial charge in [0.2, 0.25) is 0 Å². The molecule has 1 heterocycles. The summed E-state index contributed by atoms with van der Waals surface area (Å²) < 4.78 is 10.7. The zero-order chi connectivity index (χ0) is 19.1. The second kappa shape index (κ2) is 6.61. The lowest BCUT2D eigenvalue weighted by Gasteiger charge is -2.39. The summed E-state index contributed by atoms with van der Waals surface area (Å²) in [5, 5.41) is 15.1. The van der Waals surface area contributed by atoms with Crippen LogP contribution in [0.25, 0.3) is 0 Å². The molecule has 0 saturated carbocycles. The van der Waals surface area contributed by atoms with Crippen molar-refractivity contribution in [2.24, 2.45) is 5.92 Å². The Morgan fingerprint density at radius 2 is 1.89 bits per heavy atom. The van der Waals surface area contributed by atoms with E-state index in [0.717, 1.165) is 23.4 Å². The van der Waals surface area contributed by atoms with Crippen LogP contribution in [0.5, 0.6) is 11.5 Å². The van der Waals surface area contributed by atoms with Gasteiger partial charge in [-0.1, -0.05) is 24.3 Å². The molecule has 0 fully saturated rings. The van der Waals surface area contributed by atoms with E-state index in [2.05, 4.69) is 30.5 Å². The number of ether oxygens (including phenoxy) is 2. The van der Waals surface area contributed by atoms with Gasteiger partial charge < -0.3 is 14.8 Å². The molecule has 6 nitrogen and oxygen atoms in total. The number of rotatable bonds is 4. The molecule has 0 unspecified atom stereocenters. The third kappa shape index (κ3) is 2.72. The van der Waals surface area contributed by atoms with E-state index in [1.165, 1.54) is 18.2 Å². The minimum absolute atomic E-state index is 0.0127. The molecule has 27 heavy (non-hydrogen) atoms. The predicted octanol–water partition coefficient (Wildman–Crippen LogP) is 4.75. The number of nitro groups is 1. The third-order valence-electron chi connectivity index (χ3n) is 5.68. The topological polar surface area (TPSA) is 73.6 Å². The van der Waals surface area contributed by atoms with Crippen LogP contribution < -0.4 is 14.8 Å². The summed E-state index contributed by atoms with van der Waals surface area (Å²) >= 11 is 0. The molecule has 1 N–H and O–H groups in total. The highest BCUT2D eigenvalue weighted by Crippen LogP contribution is 2.53. The van der Waals surface area contributed by atoms with Gasteiger partial charge in [0, 0.05) is 12.0 Å². The largest absolute Gasteiger partial charge is 0.495 e. The number of aryl methyl sites for hydroxylation is 1. The third-order valence-corrected chi connectivity index (χ3v) is 5.68. The number of allylic oxidation sites excluding steroid dienone is 2. The normalized spacial score (nSPS) is 22.6. The molecule has 2 aromatic carbocycles. The van der Waals surface area contributed by atoms with Crippen molar-refractivity contribution in [2.75, 3.05) is 19.5 Å². The molecular weight excluding hydrogens is 344 g/mol. The van der Waals surface area contributed by atoms with Gasteiger partial charge in [-0.05, 0) is 48.1 Å². The van der Waals surface area contributed by atoms with Gasteiger partial charge in [0.05, 0.1) is 30.9 Å². The first-order valence-corrected chi connectivity index (χ1v) is 8.98. The van der Waals surface area contributed by atoms with E-state index < -0.39 is 4.92 Å². The van der Waals surface area contributed by atoms with E-state index in [1.54, 1.807) is 19.2 Å². The van der Waals surface area contributed by atoms with Crippen LogP contribution in [0.15, 0.2) is 42.5 Å². The van der Waals surface area contributed by atoms with Crippen molar-refractivity contribution in [2.45, 2.75) is 25.3 Å². The van der Waals surface area contributed by atoms with Gasteiger partial charge in [0.15, 0.2) is 5.75 Å². The SMILES string of the molecule is COc1ccc([C@@H]2Nc3c(OC)ccc(C)c3[C@@H]3C=CC[C@H]32)cc1[N+](=O)[O-]. The Bertz CT molecular complexity index is 938. The number of methoxy groups -OCH3 is 2. The van der Waals surface area contributed by atoms with Crippen molar-refractivity contribution in [1.82, 2.24) is 0 Å². The average Bonchev–Trinajstić information content (AvgIpc) is 3.16. The second-order valence-electron chi connectivity index (χ2n) is 7.04. The summed E-state index contributed by atoms with van der Waals surface area (Å²) in [4.78, 5) is 11.1. The predicted molar refractivity (Wildman–Crippen MR) is 104 cm³/mol. The Morgan fingerprint density at radius 3 is 2.59 bits per heavy atom. The molecule has 4 rings (SSSR count). The number of nitrogens with zero attached hydrogens (tertiary/aromatic N) is 1. The van der Waals surface area contributed by atoms with Gasteiger partial charge in [-0.3, -0.25) is 10.1 Å². The number of hydrogen-bond donors (Lipinski definition) is 1. The Balaban J connectivity index is 1.83. The molecule has 0 saturated heterocycles. The molecule has 1 aliphatic carbocycles. The highest BCUT2D eigenvalue weighted by Gasteiger charge is 2.40. The van der Waals surface area contributed by atoms with Gasteiger partial charge in [0.25, 0.3) is 0 Å². The van der Waals surface area contributed by atoms with Crippen molar-refractivity contribution < 1.29 is 14.4 Å². The van der Waals surface area contributed by atoms with Crippen LogP contribution in [-0.2, 0) is 0 Å². The summed E-state index contributed by atoms with van der Waals surface area (Å²) in [7, 11) is 3.11. The second-order valence-corrected chi connectivity index (χ2v) is 7.04. The summed E-state index contributed by atoms with van der Waals surface area (Å²) in [6.07, 6.45) is 5.38. The van der Waals surface area contributed by atoms with Gasteiger partial charge in [-0.15, -0.1) is 0 Å². The molecule has 140 valence electrons. The van der Waals surface area contributed by atoms with Crippen molar-refractivity contribution in [1.29, 1.82) is 0 Å². The Labute approximate surface area is 158 Å². The first-order valence-electron chi connectivity index (χ1n) is 8.98. The minimum Gasteiger partial charge on any atom is -0.495 e. The van der Waals surface area contributed by atoms with E-state index in [-0.39, 0.29) is 23.4 Å². The molecule has 3 atom stereocenters. The smallest absolute Gasteiger partial charge is 0.311 e. The Kier molecular flexibility index (Phi) is 4.26. The van der Waals surface area contributed by atoms with Crippen LogP contribution in [0.3, 0.4) is 0 Å². The molecule has 2 aromatic rings. The van der Waals surface area contributed by atoms with Gasteiger partial charge in [0.1, 0.15) is 5.75 Å². The first-order chi connectivity index (χ1) is 13.0. The van der Waals surface area contributed by atoms with Gasteiger partial charge in [-0.25, -0.2) is 0 Å². The van der Waals surface area contributed by atoms with Crippen molar-refractivity contribution >= 4 is 11.4 Å². The fourth-order valence-electron chi connectivity index (χ4n) is 4.41. The van der Waals surface area contributed by atoms with Crippen LogP contribution in [-0.4, -0.2) is 19.1 Å². The lowest BCUT2D eigenvalue weighted by molar-refractivity contribution is -0.385. The maximum Gasteiger partial charge on any atom is 0.311 e. The maximum atomic E-state index is 11.5. The Hall–Kier alpha value is -3.02. The molecule has 0 aromatic heterocycles. The highest BCUT2D eigenvalue weighted by molar-refractivity contribution is 5.70. The van der Waals surface area contributed by atoms with Crippen LogP contribution in [0, 0.1) is 23.0 Å². The van der Waals surface area contributed by atoms with E-state index in [1.807, 2.05) is 12.1 Å². The maximum absolute atomic E-state index is 11.5. The highest BCUT2D eigenvalue weighted by atomic mass is 16.6. The Morgan fingerprint density at radius 1 is 1.15 bits per heavy atom. The van der Waals surface area contributed by atoms with Crippen molar-refractivity contribution in [3.63, 3.8) is 0 Å². The lowest BCUT2D eigenvalue weighted by Crippen LogP contribution is -2.30. The quantitative estimate of drug-likeness (QED) is 0.480. The van der Waals surface area contributed by atoms with Gasteiger partial charge in [-0.2, -0.15) is 0 Å². The van der Waals surface area contributed by atoms with E-state index in [4.69, 9.17) is 9.47 Å². The first kappa shape index (κ1) is 17.4. The van der Waals surface area contributed by atoms with E-state index in [0.29, 0.717) is 5.92 Å². The van der Waals surface area contributed by atoms with Crippen LogP contribution >= 0.6 is 0 Å². The van der Waals surface area contributed by atoms with Gasteiger partial charge >= 0.3 is 5.69 Å². The van der Waals surface area contributed by atoms with E-state index >= 15 is 0 Å². The monoisotopic (exact) mass is 366 g/mol. The standard InChI is InChI=1S/C21H22N2O4/c1-12-7-9-18(27-3)21-19(12)14-5-4-6-15(14)20(22-21)13-8-10-17(26-2)16(11-13)23(24)25/h4-5,7-11,14-15,20,22H,6H2,1-3H3/t14-,15-,20+/m1/s1. The number of hydrogen-bond acceptors (Lipinski definition) is 5. The fraction of sp³-hybridized carbons (Fsp3) is 0.333. The summed E-state index contributed by atoms with van der Waals surface area (Å²) in [5.74, 6) is 1.63. The van der Waals surface area contributed by atoms with E-state index in [9.17, 15) is 10.1 Å². The summed E-state index contributed by atoms with van der Waals surface area (Å²) in [5.41, 5.74) is 4.33. The molecule has 0 bridgehead atoms. The zero-order valence-corrected chi connectivity index (χ0v) is 15.6. The molecular formula is C21H22N2O4. The molecule has 0 amide bonds. The minimum atomic E-state index is -0.395. The number of nitro benzene ring substituents is 1. The fourth-order valence-corrected chi connectivity index (χ4v) is 4.41. The number of nitrogens with one attached hydrogen (secondary N) is 1. The van der Waals surface area contributed by atoms with Crippen LogP contribution in [0.1, 0.15) is 35.1 Å². The molecule has 2 aliphatic rings. The zero-order valence-electron chi connectivity index (χ0n) is 15.6. The van der Waals surface area contributed by atoms with Crippen LogP contribution in [0.4, 0.5) is 11.4 Å². The molecule has 1 aliphatic heterocycles. The molecule has 6 heteroatoms. The number of anilines is 1. The molecule has 0 spiro atoms. The summed E-state index contributed by atoms with van der Waals surface area (Å²) in [6, 6.07) is 9.22. The summed E-state index contributed by atoms with van der Waals surface area (Å²) in [6.45, 7) is 2.11. The van der Waals surface area contributed by atoms with Crippen molar-refractivity contribution in [3.05, 3.63) is 69.3 Å². The average molecular weight is 366 g/mol. The lowest BCUT2D eigenvalue weighted by atomic mass is 9.75. The van der Waals surface area contributed by atoms with Crippen molar-refractivity contribution in [3.8, 4) is 11.5 Å². The van der Waals surface area contributed by atoms with Crippen LogP contribution in [0.2, 0.25) is 0 Å². The molecule has 0 radical (unpaired) electrons. The number of fused-ring (bicyclic) bond motifs is 3.